The van der Waals surface area contributed by atoms with Gasteiger partial charge in [0.25, 0.3) is 0 Å². The zero-order chi connectivity index (χ0) is 18.5. The summed E-state index contributed by atoms with van der Waals surface area (Å²) in [6.07, 6.45) is 1.36. The van der Waals surface area contributed by atoms with Crippen LogP contribution in [0.3, 0.4) is 0 Å². The van der Waals surface area contributed by atoms with Crippen molar-refractivity contribution in [3.8, 4) is 0 Å². The van der Waals surface area contributed by atoms with Crippen LogP contribution in [0.5, 0.6) is 0 Å². The molecule has 0 saturated carbocycles. The van der Waals surface area contributed by atoms with Crippen LogP contribution in [-0.2, 0) is 14.3 Å². The Hall–Kier alpha value is -2.03. The molecule has 1 heterocycles. The number of nitrogens with zero attached hydrogens (tertiary/aromatic N) is 2. The summed E-state index contributed by atoms with van der Waals surface area (Å²) in [5, 5.41) is 9.19. The molecule has 0 aromatic heterocycles. The van der Waals surface area contributed by atoms with Gasteiger partial charge in [-0.1, -0.05) is 0 Å². The van der Waals surface area contributed by atoms with Crippen molar-refractivity contribution in [1.82, 2.24) is 20.9 Å². The van der Waals surface area contributed by atoms with Gasteiger partial charge in [0.2, 0.25) is 5.91 Å². The van der Waals surface area contributed by atoms with Crippen molar-refractivity contribution in [3.63, 3.8) is 0 Å². The van der Waals surface area contributed by atoms with Crippen LogP contribution in [0.25, 0.3) is 0 Å². The first-order valence-electron chi connectivity index (χ1n) is 8.82. The van der Waals surface area contributed by atoms with Crippen LogP contribution in [-0.4, -0.2) is 81.9 Å². The van der Waals surface area contributed by atoms with Crippen molar-refractivity contribution < 1.29 is 19.1 Å². The quantitative estimate of drug-likeness (QED) is 0.319. The topological polar surface area (TPSA) is 104 Å². The zero-order valence-electron chi connectivity index (χ0n) is 15.5. The number of amides is 2. The van der Waals surface area contributed by atoms with Crippen molar-refractivity contribution in [3.05, 3.63) is 0 Å². The van der Waals surface area contributed by atoms with E-state index in [4.69, 9.17) is 9.47 Å². The molecule has 0 unspecified atom stereocenters. The maximum atomic E-state index is 11.7. The van der Waals surface area contributed by atoms with Crippen molar-refractivity contribution in [2.75, 3.05) is 53.0 Å². The smallest absolute Gasteiger partial charge is 0.409 e. The summed E-state index contributed by atoms with van der Waals surface area (Å²) in [5.41, 5.74) is 0. The molecule has 1 saturated heterocycles. The lowest BCUT2D eigenvalue weighted by molar-refractivity contribution is -0.119. The molecule has 0 radical (unpaired) electrons. The Morgan fingerprint density at radius 1 is 1.20 bits per heavy atom. The third-order valence-corrected chi connectivity index (χ3v) is 3.72. The number of carbonyl (C=O) groups is 2. The number of likely N-dealkylation sites (tertiary alicyclic amines) is 1. The predicted molar refractivity (Wildman–Crippen MR) is 95.6 cm³/mol. The number of aliphatic imine (C=N–C) groups is 1. The fraction of sp³-hybridized carbons (Fsp3) is 0.812. The molecule has 0 atom stereocenters. The first kappa shape index (κ1) is 21.0. The molecule has 0 aromatic carbocycles. The first-order chi connectivity index (χ1) is 12.1. The van der Waals surface area contributed by atoms with Gasteiger partial charge in [-0.2, -0.15) is 0 Å². The molecule has 0 spiro atoms. The lowest BCUT2D eigenvalue weighted by atomic mass is 10.1. The minimum Gasteiger partial charge on any atom is -0.450 e. The molecule has 25 heavy (non-hydrogen) atoms. The molecule has 2 amide bonds. The van der Waals surface area contributed by atoms with E-state index >= 15 is 0 Å². The van der Waals surface area contributed by atoms with E-state index in [1.807, 2.05) is 6.92 Å². The molecular weight excluding hydrogens is 326 g/mol. The van der Waals surface area contributed by atoms with Gasteiger partial charge in [-0.3, -0.25) is 4.79 Å². The van der Waals surface area contributed by atoms with E-state index < -0.39 is 0 Å². The van der Waals surface area contributed by atoms with Crippen molar-refractivity contribution >= 4 is 18.0 Å². The van der Waals surface area contributed by atoms with E-state index in [1.165, 1.54) is 0 Å². The van der Waals surface area contributed by atoms with E-state index in [9.17, 15) is 9.59 Å². The highest BCUT2D eigenvalue weighted by atomic mass is 16.6. The highest BCUT2D eigenvalue weighted by Crippen LogP contribution is 2.11. The van der Waals surface area contributed by atoms with E-state index in [0.717, 1.165) is 12.8 Å². The molecule has 1 rings (SSSR count). The first-order valence-corrected chi connectivity index (χ1v) is 8.82. The van der Waals surface area contributed by atoms with Crippen molar-refractivity contribution in [2.24, 2.45) is 4.99 Å². The highest BCUT2D eigenvalue weighted by Gasteiger charge is 2.24. The Bertz CT molecular complexity index is 436. The van der Waals surface area contributed by atoms with Gasteiger partial charge in [0, 0.05) is 39.3 Å². The maximum Gasteiger partial charge on any atom is 0.409 e. The summed E-state index contributed by atoms with van der Waals surface area (Å²) < 4.78 is 9.90. The average Bonchev–Trinajstić information content (AvgIpc) is 2.61. The van der Waals surface area contributed by atoms with Crippen LogP contribution in [0.4, 0.5) is 4.79 Å². The molecule has 0 aromatic rings. The minimum absolute atomic E-state index is 0.0563. The van der Waals surface area contributed by atoms with Crippen molar-refractivity contribution in [2.45, 2.75) is 32.7 Å². The molecular formula is C16H31N5O4. The number of ether oxygens (including phenoxy) is 2. The standard InChI is InChI=1S/C16H31N5O4/c1-4-17-15(19-12-14(22)18-8-11-24-3)20-13-6-9-21(10-7-13)16(23)25-5-2/h13H,4-12H2,1-3H3,(H,18,22)(H2,17,19,20). The van der Waals surface area contributed by atoms with Crippen LogP contribution in [0.15, 0.2) is 4.99 Å². The Labute approximate surface area is 149 Å². The second kappa shape index (κ2) is 12.3. The summed E-state index contributed by atoms with van der Waals surface area (Å²) in [6, 6.07) is 0.208. The largest absolute Gasteiger partial charge is 0.450 e. The van der Waals surface area contributed by atoms with Gasteiger partial charge in [-0.15, -0.1) is 0 Å². The summed E-state index contributed by atoms with van der Waals surface area (Å²) in [4.78, 5) is 29.4. The molecule has 9 nitrogen and oxygen atoms in total. The number of nitrogens with one attached hydrogen (secondary N) is 3. The normalized spacial score (nSPS) is 15.6. The van der Waals surface area contributed by atoms with Crippen LogP contribution in [0.2, 0.25) is 0 Å². The molecule has 3 N–H and O–H groups in total. The lowest BCUT2D eigenvalue weighted by Crippen LogP contribution is -2.50. The fourth-order valence-electron chi connectivity index (χ4n) is 2.43. The second-order valence-electron chi connectivity index (χ2n) is 5.64. The predicted octanol–water partition coefficient (Wildman–Crippen LogP) is -0.0750. The van der Waals surface area contributed by atoms with E-state index in [-0.39, 0.29) is 24.6 Å². The molecule has 9 heteroatoms. The van der Waals surface area contributed by atoms with Gasteiger partial charge in [0.15, 0.2) is 5.96 Å². The highest BCUT2D eigenvalue weighted by molar-refractivity contribution is 5.85. The van der Waals surface area contributed by atoms with Crippen LogP contribution in [0.1, 0.15) is 26.7 Å². The SMILES string of the molecule is CCNC(=NCC(=O)NCCOC)NC1CCN(C(=O)OCC)CC1. The van der Waals surface area contributed by atoms with Crippen LogP contribution >= 0.6 is 0 Å². The lowest BCUT2D eigenvalue weighted by Gasteiger charge is -2.32. The zero-order valence-corrected chi connectivity index (χ0v) is 15.5. The second-order valence-corrected chi connectivity index (χ2v) is 5.64. The molecule has 0 bridgehead atoms. The monoisotopic (exact) mass is 357 g/mol. The fourth-order valence-corrected chi connectivity index (χ4v) is 2.43. The third-order valence-electron chi connectivity index (χ3n) is 3.72. The van der Waals surface area contributed by atoms with Gasteiger partial charge < -0.3 is 30.3 Å². The molecule has 0 aliphatic carbocycles. The Morgan fingerprint density at radius 2 is 1.92 bits per heavy atom. The van der Waals surface area contributed by atoms with Crippen LogP contribution < -0.4 is 16.0 Å². The Kier molecular flexibility index (Phi) is 10.4. The number of methoxy groups -OCH3 is 1. The maximum absolute atomic E-state index is 11.7. The summed E-state index contributed by atoms with van der Waals surface area (Å²) in [7, 11) is 1.59. The summed E-state index contributed by atoms with van der Waals surface area (Å²) in [5.74, 6) is 0.463. The number of carbonyl (C=O) groups excluding carboxylic acids is 2. The number of rotatable bonds is 8. The van der Waals surface area contributed by atoms with Crippen LogP contribution in [0, 0.1) is 0 Å². The van der Waals surface area contributed by atoms with Crippen molar-refractivity contribution in [1.29, 1.82) is 0 Å². The van der Waals surface area contributed by atoms with Gasteiger partial charge in [-0.25, -0.2) is 9.79 Å². The van der Waals surface area contributed by atoms with Gasteiger partial charge in [0.05, 0.1) is 13.2 Å². The number of guanidine groups is 1. The van der Waals surface area contributed by atoms with Gasteiger partial charge >= 0.3 is 6.09 Å². The molecule has 1 aliphatic rings. The molecule has 144 valence electrons. The minimum atomic E-state index is -0.255. The number of hydrogen-bond acceptors (Lipinski definition) is 5. The van der Waals surface area contributed by atoms with E-state index in [2.05, 4.69) is 20.9 Å². The third kappa shape index (κ3) is 8.57. The Morgan fingerprint density at radius 3 is 2.52 bits per heavy atom. The van der Waals surface area contributed by atoms with Gasteiger partial charge in [0.1, 0.15) is 6.54 Å². The number of piperidine rings is 1. The van der Waals surface area contributed by atoms with E-state index in [0.29, 0.717) is 45.4 Å². The summed E-state index contributed by atoms with van der Waals surface area (Å²) >= 11 is 0. The number of hydrogen-bond donors (Lipinski definition) is 3. The van der Waals surface area contributed by atoms with E-state index in [1.54, 1.807) is 18.9 Å². The molecule has 1 aliphatic heterocycles. The Balaban J connectivity index is 2.41. The van der Waals surface area contributed by atoms with Gasteiger partial charge in [-0.05, 0) is 26.7 Å². The molecule has 1 fully saturated rings. The summed E-state index contributed by atoms with van der Waals surface area (Å²) in [6.45, 7) is 7.17. The average molecular weight is 357 g/mol.